The summed E-state index contributed by atoms with van der Waals surface area (Å²) < 4.78 is 0. The highest BCUT2D eigenvalue weighted by molar-refractivity contribution is 5.32. The van der Waals surface area contributed by atoms with Gasteiger partial charge in [0.15, 0.2) is 0 Å². The SMILES string of the molecule is N#Cc1ccc(C(O)CN2CCCC2CO)cc1. The van der Waals surface area contributed by atoms with E-state index in [-0.39, 0.29) is 12.6 Å². The zero-order chi connectivity index (χ0) is 13.0. The number of aliphatic hydroxyl groups is 2. The highest BCUT2D eigenvalue weighted by atomic mass is 16.3. The summed E-state index contributed by atoms with van der Waals surface area (Å²) in [4.78, 5) is 2.13. The maximum atomic E-state index is 10.2. The molecule has 1 aromatic carbocycles. The van der Waals surface area contributed by atoms with Crippen LogP contribution in [0.25, 0.3) is 0 Å². The number of aliphatic hydroxyl groups excluding tert-OH is 2. The van der Waals surface area contributed by atoms with Crippen LogP contribution in [0.4, 0.5) is 0 Å². The van der Waals surface area contributed by atoms with Crippen molar-refractivity contribution >= 4 is 0 Å². The fourth-order valence-corrected chi connectivity index (χ4v) is 2.45. The maximum absolute atomic E-state index is 10.2. The number of hydrogen-bond donors (Lipinski definition) is 2. The molecule has 0 radical (unpaired) electrons. The van der Waals surface area contributed by atoms with Crippen molar-refractivity contribution in [3.8, 4) is 6.07 Å². The monoisotopic (exact) mass is 246 g/mol. The standard InChI is InChI=1S/C14H18N2O2/c15-8-11-3-5-12(6-4-11)14(18)9-16-7-1-2-13(16)10-17/h3-6,13-14,17-18H,1-2,7,9-10H2. The molecule has 1 fully saturated rings. The summed E-state index contributed by atoms with van der Waals surface area (Å²) in [6, 6.07) is 9.23. The Kier molecular flexibility index (Phi) is 4.32. The maximum Gasteiger partial charge on any atom is 0.0991 e. The van der Waals surface area contributed by atoms with Crippen LogP contribution in [-0.2, 0) is 0 Å². The predicted molar refractivity (Wildman–Crippen MR) is 67.8 cm³/mol. The smallest absolute Gasteiger partial charge is 0.0991 e. The lowest BCUT2D eigenvalue weighted by atomic mass is 10.1. The van der Waals surface area contributed by atoms with Gasteiger partial charge in [0.05, 0.1) is 24.3 Å². The molecule has 2 rings (SSSR count). The summed E-state index contributed by atoms with van der Waals surface area (Å²) >= 11 is 0. The van der Waals surface area contributed by atoms with Crippen LogP contribution in [-0.4, -0.2) is 40.9 Å². The number of hydrogen-bond acceptors (Lipinski definition) is 4. The molecule has 18 heavy (non-hydrogen) atoms. The van der Waals surface area contributed by atoms with Gasteiger partial charge in [-0.1, -0.05) is 12.1 Å². The summed E-state index contributed by atoms with van der Waals surface area (Å²) in [6.45, 7) is 1.62. The molecular weight excluding hydrogens is 228 g/mol. The summed E-state index contributed by atoms with van der Waals surface area (Å²) in [6.07, 6.45) is 1.51. The lowest BCUT2D eigenvalue weighted by Crippen LogP contribution is -2.35. The molecule has 4 heteroatoms. The molecule has 2 N–H and O–H groups in total. The van der Waals surface area contributed by atoms with E-state index in [2.05, 4.69) is 11.0 Å². The van der Waals surface area contributed by atoms with E-state index in [1.807, 2.05) is 0 Å². The van der Waals surface area contributed by atoms with Gasteiger partial charge in [0.25, 0.3) is 0 Å². The number of β-amino-alcohol motifs (C(OH)–C–C–N with tert-alkyl or cyclic N) is 1. The van der Waals surface area contributed by atoms with Gasteiger partial charge in [-0.05, 0) is 37.1 Å². The number of nitrogens with zero attached hydrogens (tertiary/aromatic N) is 2. The summed E-state index contributed by atoms with van der Waals surface area (Å²) in [5.41, 5.74) is 1.41. The van der Waals surface area contributed by atoms with Crippen molar-refractivity contribution in [2.24, 2.45) is 0 Å². The van der Waals surface area contributed by atoms with E-state index < -0.39 is 6.10 Å². The van der Waals surface area contributed by atoms with E-state index in [1.54, 1.807) is 24.3 Å². The van der Waals surface area contributed by atoms with Crippen molar-refractivity contribution in [3.05, 3.63) is 35.4 Å². The van der Waals surface area contributed by atoms with Crippen LogP contribution in [0.15, 0.2) is 24.3 Å². The Morgan fingerprint density at radius 3 is 2.72 bits per heavy atom. The molecule has 1 heterocycles. The van der Waals surface area contributed by atoms with Gasteiger partial charge in [0.2, 0.25) is 0 Å². The van der Waals surface area contributed by atoms with Crippen LogP contribution in [0.5, 0.6) is 0 Å². The predicted octanol–water partition coefficient (Wildman–Crippen LogP) is 1.05. The minimum absolute atomic E-state index is 0.153. The second-order valence-electron chi connectivity index (χ2n) is 4.72. The molecule has 0 aromatic heterocycles. The van der Waals surface area contributed by atoms with Crippen LogP contribution in [0.1, 0.15) is 30.1 Å². The number of likely N-dealkylation sites (tertiary alicyclic amines) is 1. The van der Waals surface area contributed by atoms with Gasteiger partial charge >= 0.3 is 0 Å². The van der Waals surface area contributed by atoms with Crippen molar-refractivity contribution in [2.75, 3.05) is 19.7 Å². The molecule has 96 valence electrons. The zero-order valence-electron chi connectivity index (χ0n) is 10.3. The molecule has 0 amide bonds. The average Bonchev–Trinajstić information content (AvgIpc) is 2.86. The lowest BCUT2D eigenvalue weighted by Gasteiger charge is -2.25. The summed E-state index contributed by atoms with van der Waals surface area (Å²) in [5.74, 6) is 0. The average molecular weight is 246 g/mol. The number of rotatable bonds is 4. The number of nitriles is 1. The molecular formula is C14H18N2O2. The molecule has 2 unspecified atom stereocenters. The first-order chi connectivity index (χ1) is 8.74. The van der Waals surface area contributed by atoms with Gasteiger partial charge in [-0.2, -0.15) is 5.26 Å². The van der Waals surface area contributed by atoms with Crippen molar-refractivity contribution in [2.45, 2.75) is 25.0 Å². The Balaban J connectivity index is 1.98. The first-order valence-electron chi connectivity index (χ1n) is 6.27. The van der Waals surface area contributed by atoms with Gasteiger partial charge in [-0.3, -0.25) is 4.90 Å². The van der Waals surface area contributed by atoms with Crippen molar-refractivity contribution in [1.82, 2.24) is 4.90 Å². The third-order valence-electron chi connectivity index (χ3n) is 3.54. The van der Waals surface area contributed by atoms with E-state index in [9.17, 15) is 10.2 Å². The largest absolute Gasteiger partial charge is 0.395 e. The van der Waals surface area contributed by atoms with Gasteiger partial charge in [-0.25, -0.2) is 0 Å². The van der Waals surface area contributed by atoms with Crippen LogP contribution < -0.4 is 0 Å². The Bertz CT molecular complexity index is 424. The molecule has 1 saturated heterocycles. The summed E-state index contributed by atoms with van der Waals surface area (Å²) in [5, 5.41) is 28.1. The number of benzene rings is 1. The highest BCUT2D eigenvalue weighted by Crippen LogP contribution is 2.21. The molecule has 0 spiro atoms. The van der Waals surface area contributed by atoms with Gasteiger partial charge in [0.1, 0.15) is 0 Å². The Hall–Kier alpha value is -1.41. The van der Waals surface area contributed by atoms with E-state index in [0.717, 1.165) is 24.9 Å². The van der Waals surface area contributed by atoms with E-state index in [0.29, 0.717) is 12.1 Å². The minimum Gasteiger partial charge on any atom is -0.395 e. The van der Waals surface area contributed by atoms with Crippen LogP contribution in [0, 0.1) is 11.3 Å². The van der Waals surface area contributed by atoms with E-state index >= 15 is 0 Å². The molecule has 2 atom stereocenters. The third-order valence-corrected chi connectivity index (χ3v) is 3.54. The highest BCUT2D eigenvalue weighted by Gasteiger charge is 2.25. The second kappa shape index (κ2) is 5.96. The Morgan fingerprint density at radius 2 is 2.11 bits per heavy atom. The second-order valence-corrected chi connectivity index (χ2v) is 4.72. The fraction of sp³-hybridized carbons (Fsp3) is 0.500. The zero-order valence-corrected chi connectivity index (χ0v) is 10.3. The lowest BCUT2D eigenvalue weighted by molar-refractivity contribution is 0.0850. The van der Waals surface area contributed by atoms with Crippen LogP contribution >= 0.6 is 0 Å². The Morgan fingerprint density at radius 1 is 1.39 bits per heavy atom. The molecule has 4 nitrogen and oxygen atoms in total. The minimum atomic E-state index is -0.565. The van der Waals surface area contributed by atoms with E-state index in [4.69, 9.17) is 5.26 Å². The van der Waals surface area contributed by atoms with Crippen LogP contribution in [0.2, 0.25) is 0 Å². The topological polar surface area (TPSA) is 67.5 Å². The quantitative estimate of drug-likeness (QED) is 0.833. The fourth-order valence-electron chi connectivity index (χ4n) is 2.45. The molecule has 0 aliphatic carbocycles. The van der Waals surface area contributed by atoms with Crippen molar-refractivity contribution < 1.29 is 10.2 Å². The molecule has 0 saturated carbocycles. The molecule has 1 aliphatic rings. The normalized spacial score (nSPS) is 21.7. The molecule has 1 aliphatic heterocycles. The van der Waals surface area contributed by atoms with Gasteiger partial charge in [-0.15, -0.1) is 0 Å². The van der Waals surface area contributed by atoms with E-state index in [1.165, 1.54) is 0 Å². The first kappa shape index (κ1) is 13.0. The van der Waals surface area contributed by atoms with Gasteiger partial charge < -0.3 is 10.2 Å². The Labute approximate surface area is 107 Å². The van der Waals surface area contributed by atoms with Crippen LogP contribution in [0.3, 0.4) is 0 Å². The molecule has 0 bridgehead atoms. The summed E-state index contributed by atoms with van der Waals surface area (Å²) in [7, 11) is 0. The van der Waals surface area contributed by atoms with Gasteiger partial charge in [0, 0.05) is 12.6 Å². The first-order valence-corrected chi connectivity index (χ1v) is 6.27. The van der Waals surface area contributed by atoms with Crippen molar-refractivity contribution in [1.29, 1.82) is 5.26 Å². The van der Waals surface area contributed by atoms with Crippen molar-refractivity contribution in [3.63, 3.8) is 0 Å². The molecule has 1 aromatic rings. The third kappa shape index (κ3) is 2.88.